The second kappa shape index (κ2) is 4.73. The zero-order valence-electron chi connectivity index (χ0n) is 9.64. The maximum absolute atomic E-state index is 14.0. The van der Waals surface area contributed by atoms with Crippen molar-refractivity contribution in [2.75, 3.05) is 0 Å². The fraction of sp³-hybridized carbons (Fsp3) is 0.200. The molecule has 0 bridgehead atoms. The number of rotatable bonds is 1. The number of para-hydroxylation sites is 1. The molecule has 3 heteroatoms. The van der Waals surface area contributed by atoms with E-state index in [1.54, 1.807) is 0 Å². The van der Waals surface area contributed by atoms with E-state index in [4.69, 9.17) is 4.74 Å². The first-order chi connectivity index (χ1) is 8.77. The Morgan fingerprint density at radius 2 is 1.72 bits per heavy atom. The van der Waals surface area contributed by atoms with Crippen LogP contribution in [0.15, 0.2) is 48.5 Å². The predicted molar refractivity (Wildman–Crippen MR) is 72.9 cm³/mol. The molecular weight excluding hydrogens is 295 g/mol. The van der Waals surface area contributed by atoms with Crippen LogP contribution in [-0.4, -0.2) is 5.08 Å². The molecule has 2 unspecified atom stereocenters. The van der Waals surface area contributed by atoms with Gasteiger partial charge in [0.05, 0.1) is 5.92 Å². The van der Waals surface area contributed by atoms with Crippen molar-refractivity contribution < 1.29 is 9.13 Å². The first-order valence-electron chi connectivity index (χ1n) is 5.85. The van der Waals surface area contributed by atoms with Gasteiger partial charge < -0.3 is 4.74 Å². The lowest BCUT2D eigenvalue weighted by Crippen LogP contribution is -2.10. The third-order valence-electron chi connectivity index (χ3n) is 3.28. The molecule has 2 aromatic carbocycles. The fourth-order valence-corrected chi connectivity index (χ4v) is 3.00. The third-order valence-corrected chi connectivity index (χ3v) is 3.81. The van der Waals surface area contributed by atoms with Crippen molar-refractivity contribution in [2.45, 2.75) is 17.6 Å². The van der Waals surface area contributed by atoms with Crippen LogP contribution in [0.1, 0.15) is 22.6 Å². The number of fused-ring (bicyclic) bond motifs is 2. The molecule has 0 radical (unpaired) electrons. The van der Waals surface area contributed by atoms with Gasteiger partial charge in [0, 0.05) is 5.56 Å². The Balaban J connectivity index is 2.21. The van der Waals surface area contributed by atoms with Crippen LogP contribution in [0, 0.1) is 0 Å². The summed E-state index contributed by atoms with van der Waals surface area (Å²) in [5.74, 6) is 0.445. The minimum Gasteiger partial charge on any atom is -0.489 e. The lowest BCUT2D eigenvalue weighted by Gasteiger charge is -2.19. The van der Waals surface area contributed by atoms with Crippen molar-refractivity contribution in [3.05, 3.63) is 65.2 Å². The van der Waals surface area contributed by atoms with E-state index in [1.807, 2.05) is 48.5 Å². The summed E-state index contributed by atoms with van der Waals surface area (Å²) in [7, 11) is 0. The van der Waals surface area contributed by atoms with Crippen molar-refractivity contribution in [1.29, 1.82) is 0 Å². The first kappa shape index (κ1) is 11.7. The van der Waals surface area contributed by atoms with E-state index < -0.39 is 5.08 Å². The molecule has 1 aliphatic rings. The van der Waals surface area contributed by atoms with Gasteiger partial charge in [-0.1, -0.05) is 58.4 Å². The molecule has 2 aromatic rings. The summed E-state index contributed by atoms with van der Waals surface area (Å²) in [6.07, 6.45) is 0. The Hall–Kier alpha value is -1.35. The second-order valence-electron chi connectivity index (χ2n) is 4.34. The van der Waals surface area contributed by atoms with Gasteiger partial charge in [0.25, 0.3) is 0 Å². The summed E-state index contributed by atoms with van der Waals surface area (Å²) in [6, 6.07) is 15.5. The summed E-state index contributed by atoms with van der Waals surface area (Å²) in [4.78, 5) is 0. The smallest absolute Gasteiger partial charge is 0.165 e. The minimum atomic E-state index is -1.12. The van der Waals surface area contributed by atoms with Gasteiger partial charge in [0.2, 0.25) is 0 Å². The van der Waals surface area contributed by atoms with Gasteiger partial charge in [-0.15, -0.1) is 0 Å². The van der Waals surface area contributed by atoms with Crippen LogP contribution in [0.25, 0.3) is 0 Å². The third kappa shape index (κ3) is 1.93. The maximum Gasteiger partial charge on any atom is 0.165 e. The van der Waals surface area contributed by atoms with E-state index in [9.17, 15) is 4.39 Å². The van der Waals surface area contributed by atoms with Crippen LogP contribution in [0.5, 0.6) is 5.75 Å². The number of halogens is 2. The molecule has 0 fully saturated rings. The van der Waals surface area contributed by atoms with E-state index >= 15 is 0 Å². The zero-order valence-corrected chi connectivity index (χ0v) is 11.2. The first-order valence-corrected chi connectivity index (χ1v) is 6.76. The molecule has 0 aromatic heterocycles. The molecule has 0 spiro atoms. The number of hydrogen-bond donors (Lipinski definition) is 0. The van der Waals surface area contributed by atoms with Crippen LogP contribution in [0.4, 0.5) is 4.39 Å². The summed E-state index contributed by atoms with van der Waals surface area (Å²) in [6.45, 7) is 0.489. The van der Waals surface area contributed by atoms with Gasteiger partial charge in [-0.2, -0.15) is 0 Å². The Morgan fingerprint density at radius 3 is 2.50 bits per heavy atom. The topological polar surface area (TPSA) is 9.23 Å². The molecule has 0 N–H and O–H groups in total. The predicted octanol–water partition coefficient (Wildman–Crippen LogP) is 4.40. The number of ether oxygens (including phenoxy) is 1. The molecule has 1 heterocycles. The molecule has 0 aliphatic carbocycles. The highest BCUT2D eigenvalue weighted by molar-refractivity contribution is 9.09. The van der Waals surface area contributed by atoms with E-state index in [0.717, 1.165) is 22.4 Å². The molecule has 1 aliphatic heterocycles. The highest BCUT2D eigenvalue weighted by atomic mass is 79.9. The molecule has 0 saturated heterocycles. The summed E-state index contributed by atoms with van der Waals surface area (Å²) in [5, 5.41) is -1.12. The fourth-order valence-electron chi connectivity index (χ4n) is 2.43. The molecule has 1 nitrogen and oxygen atoms in total. The van der Waals surface area contributed by atoms with Gasteiger partial charge in [0.1, 0.15) is 12.4 Å². The van der Waals surface area contributed by atoms with Crippen LogP contribution in [0.3, 0.4) is 0 Å². The average Bonchev–Trinajstić information content (AvgIpc) is 2.55. The number of alkyl halides is 2. The Bertz CT molecular complexity index is 520. The van der Waals surface area contributed by atoms with Crippen molar-refractivity contribution in [1.82, 2.24) is 0 Å². The zero-order chi connectivity index (χ0) is 12.5. The summed E-state index contributed by atoms with van der Waals surface area (Å²) < 4.78 is 19.8. The highest BCUT2D eigenvalue weighted by Gasteiger charge is 2.29. The Labute approximate surface area is 114 Å². The molecule has 18 heavy (non-hydrogen) atoms. The Morgan fingerprint density at radius 1 is 1.06 bits per heavy atom. The van der Waals surface area contributed by atoms with Gasteiger partial charge in [0.15, 0.2) is 5.08 Å². The lowest BCUT2D eigenvalue weighted by molar-refractivity contribution is 0.306. The standard InChI is InChI=1S/C15H12BrFO/c16-15(17)14-11-6-2-1-5-10(11)9-18-13-8-4-3-7-12(13)14/h1-8,14-15H,9H2. The molecular formula is C15H12BrFO. The largest absolute Gasteiger partial charge is 0.489 e. The lowest BCUT2D eigenvalue weighted by atomic mass is 9.89. The van der Waals surface area contributed by atoms with E-state index in [-0.39, 0.29) is 5.92 Å². The quantitative estimate of drug-likeness (QED) is 0.710. The molecule has 2 atom stereocenters. The summed E-state index contributed by atoms with van der Waals surface area (Å²) in [5.41, 5.74) is 2.93. The minimum absolute atomic E-state index is 0.320. The van der Waals surface area contributed by atoms with Crippen LogP contribution >= 0.6 is 15.9 Å². The van der Waals surface area contributed by atoms with Gasteiger partial charge in [-0.05, 0) is 17.2 Å². The number of benzene rings is 2. The molecule has 0 saturated carbocycles. The van der Waals surface area contributed by atoms with Gasteiger partial charge in [-0.25, -0.2) is 4.39 Å². The summed E-state index contributed by atoms with van der Waals surface area (Å²) >= 11 is 3.09. The van der Waals surface area contributed by atoms with Gasteiger partial charge in [-0.3, -0.25) is 0 Å². The number of hydrogen-bond acceptors (Lipinski definition) is 1. The molecule has 92 valence electrons. The van der Waals surface area contributed by atoms with Crippen molar-refractivity contribution in [2.24, 2.45) is 0 Å². The van der Waals surface area contributed by atoms with Crippen molar-refractivity contribution >= 4 is 15.9 Å². The Kier molecular flexibility index (Phi) is 3.08. The maximum atomic E-state index is 14.0. The van der Waals surface area contributed by atoms with E-state index in [1.165, 1.54) is 0 Å². The van der Waals surface area contributed by atoms with Gasteiger partial charge >= 0.3 is 0 Å². The van der Waals surface area contributed by atoms with E-state index in [0.29, 0.717) is 6.61 Å². The van der Waals surface area contributed by atoms with Crippen LogP contribution < -0.4 is 4.74 Å². The SMILES string of the molecule is FC(Br)C1c2ccccc2COc2ccccc21. The average molecular weight is 307 g/mol. The molecule has 0 amide bonds. The van der Waals surface area contributed by atoms with Crippen LogP contribution in [0.2, 0.25) is 0 Å². The monoisotopic (exact) mass is 306 g/mol. The van der Waals surface area contributed by atoms with Crippen LogP contribution in [-0.2, 0) is 6.61 Å². The second-order valence-corrected chi connectivity index (χ2v) is 5.21. The highest BCUT2D eigenvalue weighted by Crippen LogP contribution is 2.41. The normalized spacial score (nSPS) is 19.1. The van der Waals surface area contributed by atoms with Crippen molar-refractivity contribution in [3.8, 4) is 5.75 Å². The molecule has 3 rings (SSSR count). The van der Waals surface area contributed by atoms with Crippen molar-refractivity contribution in [3.63, 3.8) is 0 Å². The van der Waals surface area contributed by atoms with E-state index in [2.05, 4.69) is 15.9 Å².